The van der Waals surface area contributed by atoms with Crippen LogP contribution >= 0.6 is 0 Å². The lowest BCUT2D eigenvalue weighted by Crippen LogP contribution is -2.42. The van der Waals surface area contributed by atoms with Crippen molar-refractivity contribution in [1.82, 2.24) is 15.5 Å². The molecular formula is C14H23N3O2. The largest absolute Gasteiger partial charge is 0.467 e. The Hall–Kier alpha value is -1.49. The van der Waals surface area contributed by atoms with Gasteiger partial charge in [0, 0.05) is 13.1 Å². The molecule has 1 aromatic heterocycles. The number of hydrogen-bond donors (Lipinski definition) is 2. The highest BCUT2D eigenvalue weighted by Crippen LogP contribution is 2.14. The van der Waals surface area contributed by atoms with Crippen LogP contribution in [-0.2, 0) is 6.54 Å². The van der Waals surface area contributed by atoms with Gasteiger partial charge in [-0.15, -0.1) is 0 Å². The van der Waals surface area contributed by atoms with E-state index in [0.717, 1.165) is 31.3 Å². The zero-order chi connectivity index (χ0) is 13.5. The Morgan fingerprint density at radius 1 is 1.42 bits per heavy atom. The van der Waals surface area contributed by atoms with Gasteiger partial charge in [-0.3, -0.25) is 0 Å². The zero-order valence-corrected chi connectivity index (χ0v) is 11.5. The van der Waals surface area contributed by atoms with Gasteiger partial charge in [0.05, 0.1) is 12.8 Å². The molecule has 5 nitrogen and oxygen atoms in total. The van der Waals surface area contributed by atoms with E-state index in [1.807, 2.05) is 12.1 Å². The second-order valence-electron chi connectivity index (χ2n) is 5.21. The van der Waals surface area contributed by atoms with Crippen molar-refractivity contribution in [3.05, 3.63) is 24.2 Å². The summed E-state index contributed by atoms with van der Waals surface area (Å²) in [6.07, 6.45) is 4.14. The van der Waals surface area contributed by atoms with Crippen LogP contribution < -0.4 is 10.6 Å². The lowest BCUT2D eigenvalue weighted by molar-refractivity contribution is 0.191. The summed E-state index contributed by atoms with van der Waals surface area (Å²) in [6, 6.07) is 3.52. The molecule has 0 aliphatic carbocycles. The molecule has 1 aliphatic heterocycles. The van der Waals surface area contributed by atoms with Crippen LogP contribution in [0.5, 0.6) is 0 Å². The third kappa shape index (κ3) is 4.95. The van der Waals surface area contributed by atoms with Crippen LogP contribution in [0.25, 0.3) is 0 Å². The first-order valence-electron chi connectivity index (χ1n) is 7.00. The topological polar surface area (TPSA) is 57.5 Å². The van der Waals surface area contributed by atoms with Crippen molar-refractivity contribution >= 4 is 6.03 Å². The van der Waals surface area contributed by atoms with E-state index in [4.69, 9.17) is 4.42 Å². The predicted molar refractivity (Wildman–Crippen MR) is 73.8 cm³/mol. The van der Waals surface area contributed by atoms with Gasteiger partial charge in [-0.25, -0.2) is 4.79 Å². The van der Waals surface area contributed by atoms with E-state index in [9.17, 15) is 4.79 Å². The highest BCUT2D eigenvalue weighted by atomic mass is 16.3. The Morgan fingerprint density at radius 2 is 2.21 bits per heavy atom. The molecule has 2 N–H and O–H groups in total. The lowest BCUT2D eigenvalue weighted by Gasteiger charge is -2.30. The van der Waals surface area contributed by atoms with Gasteiger partial charge in [0.1, 0.15) is 5.76 Å². The molecular weight excluding hydrogens is 242 g/mol. The number of rotatable bonds is 5. The van der Waals surface area contributed by atoms with E-state index in [1.54, 1.807) is 6.26 Å². The molecule has 2 amide bonds. The van der Waals surface area contributed by atoms with Crippen LogP contribution in [0, 0.1) is 5.92 Å². The van der Waals surface area contributed by atoms with Crippen molar-refractivity contribution in [2.24, 2.45) is 5.92 Å². The van der Waals surface area contributed by atoms with Crippen molar-refractivity contribution in [3.8, 4) is 0 Å². The number of piperidine rings is 1. The Bertz CT molecular complexity index is 370. The number of nitrogens with zero attached hydrogens (tertiary/aromatic N) is 1. The average molecular weight is 265 g/mol. The van der Waals surface area contributed by atoms with Crippen LogP contribution in [0.15, 0.2) is 22.8 Å². The highest BCUT2D eigenvalue weighted by Gasteiger charge is 2.15. The minimum atomic E-state index is -0.137. The maximum atomic E-state index is 11.5. The highest BCUT2D eigenvalue weighted by molar-refractivity contribution is 5.73. The standard InChI is InChI=1S/C14H23N3O2/c1-12-4-7-17(8-5-12)9-6-15-14(18)16-11-13-3-2-10-19-13/h2-3,10,12H,4-9,11H2,1H3,(H2,15,16,18). The molecule has 0 aromatic carbocycles. The Morgan fingerprint density at radius 3 is 2.89 bits per heavy atom. The van der Waals surface area contributed by atoms with Crippen molar-refractivity contribution in [1.29, 1.82) is 0 Å². The number of hydrogen-bond acceptors (Lipinski definition) is 3. The normalized spacial score (nSPS) is 17.3. The van der Waals surface area contributed by atoms with Crippen molar-refractivity contribution in [3.63, 3.8) is 0 Å². The summed E-state index contributed by atoms with van der Waals surface area (Å²) in [5.41, 5.74) is 0. The Balaban J connectivity index is 1.54. The lowest BCUT2D eigenvalue weighted by atomic mass is 9.99. The first kappa shape index (κ1) is 13.9. The minimum Gasteiger partial charge on any atom is -0.467 e. The molecule has 2 rings (SSSR count). The summed E-state index contributed by atoms with van der Waals surface area (Å²) in [6.45, 7) is 6.66. The van der Waals surface area contributed by atoms with Gasteiger partial charge in [-0.2, -0.15) is 0 Å². The maximum Gasteiger partial charge on any atom is 0.315 e. The first-order valence-corrected chi connectivity index (χ1v) is 7.00. The van der Waals surface area contributed by atoms with Gasteiger partial charge in [0.15, 0.2) is 0 Å². The fourth-order valence-corrected chi connectivity index (χ4v) is 2.26. The number of nitrogens with one attached hydrogen (secondary N) is 2. The van der Waals surface area contributed by atoms with Crippen LogP contribution in [0.3, 0.4) is 0 Å². The quantitative estimate of drug-likeness (QED) is 0.853. The molecule has 0 spiro atoms. The molecule has 19 heavy (non-hydrogen) atoms. The van der Waals surface area contributed by atoms with Crippen molar-refractivity contribution < 1.29 is 9.21 Å². The third-order valence-corrected chi connectivity index (χ3v) is 3.59. The number of likely N-dealkylation sites (tertiary alicyclic amines) is 1. The minimum absolute atomic E-state index is 0.137. The summed E-state index contributed by atoms with van der Waals surface area (Å²) in [4.78, 5) is 14.0. The number of amides is 2. The Labute approximate surface area is 114 Å². The van der Waals surface area contributed by atoms with E-state index in [0.29, 0.717) is 13.1 Å². The molecule has 0 unspecified atom stereocenters. The fraction of sp³-hybridized carbons (Fsp3) is 0.643. The van der Waals surface area contributed by atoms with Gasteiger partial charge >= 0.3 is 6.03 Å². The van der Waals surface area contributed by atoms with E-state index >= 15 is 0 Å². The average Bonchev–Trinajstić information content (AvgIpc) is 2.92. The zero-order valence-electron chi connectivity index (χ0n) is 11.5. The monoisotopic (exact) mass is 265 g/mol. The van der Waals surface area contributed by atoms with Crippen LogP contribution in [0.1, 0.15) is 25.5 Å². The molecule has 1 saturated heterocycles. The Kier molecular flexibility index (Phi) is 5.27. The van der Waals surface area contributed by atoms with Gasteiger partial charge < -0.3 is 20.0 Å². The van der Waals surface area contributed by atoms with E-state index < -0.39 is 0 Å². The smallest absolute Gasteiger partial charge is 0.315 e. The van der Waals surface area contributed by atoms with Crippen LogP contribution in [0.4, 0.5) is 4.79 Å². The molecule has 2 heterocycles. The summed E-state index contributed by atoms with van der Waals surface area (Å²) >= 11 is 0. The molecule has 0 bridgehead atoms. The maximum absolute atomic E-state index is 11.5. The molecule has 1 fully saturated rings. The van der Waals surface area contributed by atoms with Gasteiger partial charge in [-0.1, -0.05) is 6.92 Å². The fourth-order valence-electron chi connectivity index (χ4n) is 2.26. The third-order valence-electron chi connectivity index (χ3n) is 3.59. The van der Waals surface area contributed by atoms with Gasteiger partial charge in [-0.05, 0) is 44.0 Å². The second kappa shape index (κ2) is 7.19. The molecule has 5 heteroatoms. The van der Waals surface area contributed by atoms with E-state index in [-0.39, 0.29) is 6.03 Å². The predicted octanol–water partition coefficient (Wildman–Crippen LogP) is 1.81. The molecule has 1 aliphatic rings. The number of furan rings is 1. The van der Waals surface area contributed by atoms with Crippen LogP contribution in [0.2, 0.25) is 0 Å². The summed E-state index contributed by atoms with van der Waals surface area (Å²) in [5.74, 6) is 1.61. The number of carbonyl (C=O) groups excluding carboxylic acids is 1. The first-order chi connectivity index (χ1) is 9.24. The summed E-state index contributed by atoms with van der Waals surface area (Å²) < 4.78 is 5.14. The molecule has 106 valence electrons. The summed E-state index contributed by atoms with van der Waals surface area (Å²) in [5, 5.41) is 5.64. The summed E-state index contributed by atoms with van der Waals surface area (Å²) in [7, 11) is 0. The number of urea groups is 1. The molecule has 0 saturated carbocycles. The second-order valence-corrected chi connectivity index (χ2v) is 5.21. The molecule has 1 aromatic rings. The van der Waals surface area contributed by atoms with Crippen molar-refractivity contribution in [2.45, 2.75) is 26.3 Å². The molecule has 0 atom stereocenters. The van der Waals surface area contributed by atoms with E-state index in [2.05, 4.69) is 22.5 Å². The van der Waals surface area contributed by atoms with Gasteiger partial charge in [0.25, 0.3) is 0 Å². The number of carbonyl (C=O) groups is 1. The SMILES string of the molecule is CC1CCN(CCNC(=O)NCc2ccco2)CC1. The van der Waals surface area contributed by atoms with Gasteiger partial charge in [0.2, 0.25) is 0 Å². The van der Waals surface area contributed by atoms with E-state index in [1.165, 1.54) is 12.8 Å². The molecule has 0 radical (unpaired) electrons. The van der Waals surface area contributed by atoms with Crippen molar-refractivity contribution in [2.75, 3.05) is 26.2 Å². The van der Waals surface area contributed by atoms with Crippen LogP contribution in [-0.4, -0.2) is 37.1 Å².